The summed E-state index contributed by atoms with van der Waals surface area (Å²) < 4.78 is 22.6. The monoisotopic (exact) mass is 322 g/mol. The standard InChI is InChI=1S/C11H12Cl2N2O3S/c12-8-3-6(4-9(13)10(8)14)11(16)15-7-1-2-19(17,18)5-7/h3-4,7H,1-2,5,14H2,(H,15,16). The Balaban J connectivity index is 2.13. The molecule has 0 aromatic heterocycles. The molecule has 1 unspecified atom stereocenters. The molecular formula is C11H12Cl2N2O3S. The van der Waals surface area contributed by atoms with Crippen LogP contribution in [0.2, 0.25) is 10.0 Å². The Morgan fingerprint density at radius 2 is 1.89 bits per heavy atom. The van der Waals surface area contributed by atoms with Crippen LogP contribution in [0.5, 0.6) is 0 Å². The minimum Gasteiger partial charge on any atom is -0.396 e. The van der Waals surface area contributed by atoms with Crippen molar-refractivity contribution in [2.24, 2.45) is 0 Å². The number of rotatable bonds is 2. The second kappa shape index (κ2) is 5.19. The van der Waals surface area contributed by atoms with Gasteiger partial charge in [-0.3, -0.25) is 4.79 Å². The lowest BCUT2D eigenvalue weighted by Crippen LogP contribution is -2.35. The molecule has 1 aliphatic rings. The van der Waals surface area contributed by atoms with Crippen LogP contribution in [-0.4, -0.2) is 31.9 Å². The lowest BCUT2D eigenvalue weighted by atomic mass is 10.1. The first-order valence-electron chi connectivity index (χ1n) is 5.54. The van der Waals surface area contributed by atoms with Gasteiger partial charge in [0.1, 0.15) is 0 Å². The van der Waals surface area contributed by atoms with E-state index in [0.717, 1.165) is 0 Å². The average Bonchev–Trinajstić information content (AvgIpc) is 2.64. The Hall–Kier alpha value is -0.980. The third-order valence-electron chi connectivity index (χ3n) is 2.91. The first kappa shape index (κ1) is 14.4. The first-order chi connectivity index (χ1) is 8.78. The minimum atomic E-state index is -3.03. The molecule has 104 valence electrons. The van der Waals surface area contributed by atoms with E-state index in [1.807, 2.05) is 0 Å². The molecule has 1 aromatic rings. The van der Waals surface area contributed by atoms with E-state index in [0.29, 0.717) is 6.42 Å². The SMILES string of the molecule is Nc1c(Cl)cc(C(=O)NC2CCS(=O)(=O)C2)cc1Cl. The highest BCUT2D eigenvalue weighted by molar-refractivity contribution is 7.91. The summed E-state index contributed by atoms with van der Waals surface area (Å²) >= 11 is 11.7. The predicted octanol–water partition coefficient (Wildman–Crippen LogP) is 1.49. The largest absolute Gasteiger partial charge is 0.396 e. The van der Waals surface area contributed by atoms with Gasteiger partial charge in [-0.25, -0.2) is 8.42 Å². The fraction of sp³-hybridized carbons (Fsp3) is 0.364. The highest BCUT2D eigenvalue weighted by atomic mass is 35.5. The van der Waals surface area contributed by atoms with Crippen molar-refractivity contribution in [3.63, 3.8) is 0 Å². The fourth-order valence-corrected chi connectivity index (χ4v) is 4.05. The molecule has 0 bridgehead atoms. The number of nitrogens with two attached hydrogens (primary N) is 1. The molecule has 1 heterocycles. The summed E-state index contributed by atoms with van der Waals surface area (Å²) in [6, 6.07) is 2.44. The average molecular weight is 323 g/mol. The van der Waals surface area contributed by atoms with E-state index in [2.05, 4.69) is 5.32 Å². The van der Waals surface area contributed by atoms with Gasteiger partial charge in [0.2, 0.25) is 0 Å². The Labute approximate surface area is 121 Å². The summed E-state index contributed by atoms with van der Waals surface area (Å²) in [6.07, 6.45) is 0.421. The van der Waals surface area contributed by atoms with Gasteiger partial charge in [0.15, 0.2) is 9.84 Å². The molecule has 0 aliphatic carbocycles. The second-order valence-electron chi connectivity index (χ2n) is 4.43. The van der Waals surface area contributed by atoms with Crippen LogP contribution < -0.4 is 11.1 Å². The van der Waals surface area contributed by atoms with Crippen LogP contribution in [0, 0.1) is 0 Å². The number of benzene rings is 1. The maximum absolute atomic E-state index is 12.0. The Morgan fingerprint density at radius 3 is 2.37 bits per heavy atom. The van der Waals surface area contributed by atoms with Gasteiger partial charge in [0, 0.05) is 11.6 Å². The van der Waals surface area contributed by atoms with E-state index < -0.39 is 15.7 Å². The Bertz CT molecular complexity index is 608. The number of sulfone groups is 1. The minimum absolute atomic E-state index is 0.0326. The molecular weight excluding hydrogens is 311 g/mol. The number of halogens is 2. The maximum atomic E-state index is 12.0. The smallest absolute Gasteiger partial charge is 0.251 e. The normalized spacial score (nSPS) is 21.3. The van der Waals surface area contributed by atoms with E-state index in [-0.39, 0.29) is 38.8 Å². The summed E-state index contributed by atoms with van der Waals surface area (Å²) in [7, 11) is -3.03. The van der Waals surface area contributed by atoms with Crippen LogP contribution in [-0.2, 0) is 9.84 Å². The van der Waals surface area contributed by atoms with E-state index in [9.17, 15) is 13.2 Å². The van der Waals surface area contributed by atoms with E-state index in [1.165, 1.54) is 12.1 Å². The highest BCUT2D eigenvalue weighted by Gasteiger charge is 2.29. The zero-order chi connectivity index (χ0) is 14.2. The van der Waals surface area contributed by atoms with Crippen LogP contribution in [0.4, 0.5) is 5.69 Å². The van der Waals surface area contributed by atoms with Crippen molar-refractivity contribution in [1.29, 1.82) is 0 Å². The number of nitrogens with one attached hydrogen (secondary N) is 1. The van der Waals surface area contributed by atoms with E-state index >= 15 is 0 Å². The molecule has 1 atom stereocenters. The summed E-state index contributed by atoms with van der Waals surface area (Å²) in [5.41, 5.74) is 6.04. The molecule has 1 aliphatic heterocycles. The summed E-state index contributed by atoms with van der Waals surface area (Å²) in [4.78, 5) is 12.0. The molecule has 5 nitrogen and oxygen atoms in total. The number of amides is 1. The molecule has 3 N–H and O–H groups in total. The number of nitrogen functional groups attached to an aromatic ring is 1. The van der Waals surface area contributed by atoms with Crippen molar-refractivity contribution in [3.05, 3.63) is 27.7 Å². The molecule has 2 rings (SSSR count). The molecule has 0 radical (unpaired) electrons. The number of anilines is 1. The van der Waals surface area contributed by atoms with Gasteiger partial charge in [-0.15, -0.1) is 0 Å². The molecule has 1 amide bonds. The van der Waals surface area contributed by atoms with Crippen molar-refractivity contribution < 1.29 is 13.2 Å². The molecule has 1 fully saturated rings. The zero-order valence-electron chi connectivity index (χ0n) is 9.82. The number of hydrogen-bond acceptors (Lipinski definition) is 4. The van der Waals surface area contributed by atoms with Crippen LogP contribution in [0.15, 0.2) is 12.1 Å². The summed E-state index contributed by atoms with van der Waals surface area (Å²) in [5.74, 6) is -0.345. The van der Waals surface area contributed by atoms with Gasteiger partial charge >= 0.3 is 0 Å². The number of hydrogen-bond donors (Lipinski definition) is 2. The van der Waals surface area contributed by atoms with Gasteiger partial charge in [0.05, 0.1) is 27.2 Å². The van der Waals surface area contributed by atoms with Crippen LogP contribution >= 0.6 is 23.2 Å². The molecule has 1 aromatic carbocycles. The van der Waals surface area contributed by atoms with Crippen LogP contribution in [0.3, 0.4) is 0 Å². The first-order valence-corrected chi connectivity index (χ1v) is 8.12. The predicted molar refractivity (Wildman–Crippen MR) is 75.4 cm³/mol. The third kappa shape index (κ3) is 3.32. The van der Waals surface area contributed by atoms with Gasteiger partial charge in [0.25, 0.3) is 5.91 Å². The summed E-state index contributed by atoms with van der Waals surface area (Å²) in [5, 5.41) is 3.03. The maximum Gasteiger partial charge on any atom is 0.251 e. The van der Waals surface area contributed by atoms with Crippen LogP contribution in [0.25, 0.3) is 0 Å². The number of carbonyl (C=O) groups is 1. The lowest BCUT2D eigenvalue weighted by molar-refractivity contribution is 0.0941. The van der Waals surface area contributed by atoms with Crippen molar-refractivity contribution in [1.82, 2.24) is 5.32 Å². The van der Waals surface area contributed by atoms with Gasteiger partial charge in [-0.1, -0.05) is 23.2 Å². The topological polar surface area (TPSA) is 89.3 Å². The quantitative estimate of drug-likeness (QED) is 0.807. The fourth-order valence-electron chi connectivity index (χ4n) is 1.89. The van der Waals surface area contributed by atoms with Crippen molar-refractivity contribution in [3.8, 4) is 0 Å². The van der Waals surface area contributed by atoms with Gasteiger partial charge in [-0.2, -0.15) is 0 Å². The molecule has 8 heteroatoms. The van der Waals surface area contributed by atoms with E-state index in [4.69, 9.17) is 28.9 Å². The molecule has 0 saturated carbocycles. The summed E-state index contributed by atoms with van der Waals surface area (Å²) in [6.45, 7) is 0. The Kier molecular flexibility index (Phi) is 3.94. The zero-order valence-corrected chi connectivity index (χ0v) is 12.1. The molecule has 19 heavy (non-hydrogen) atoms. The van der Waals surface area contributed by atoms with Crippen molar-refractivity contribution in [2.75, 3.05) is 17.2 Å². The van der Waals surface area contributed by atoms with Crippen LogP contribution in [0.1, 0.15) is 16.8 Å². The van der Waals surface area contributed by atoms with Gasteiger partial charge < -0.3 is 11.1 Å². The Morgan fingerprint density at radius 1 is 1.32 bits per heavy atom. The third-order valence-corrected chi connectivity index (χ3v) is 5.30. The molecule has 0 spiro atoms. The lowest BCUT2D eigenvalue weighted by Gasteiger charge is -2.12. The second-order valence-corrected chi connectivity index (χ2v) is 7.47. The highest BCUT2D eigenvalue weighted by Crippen LogP contribution is 2.28. The van der Waals surface area contributed by atoms with Crippen molar-refractivity contribution >= 4 is 44.6 Å². The van der Waals surface area contributed by atoms with Crippen molar-refractivity contribution in [2.45, 2.75) is 12.5 Å². The number of carbonyl (C=O) groups excluding carboxylic acids is 1. The van der Waals surface area contributed by atoms with Gasteiger partial charge in [-0.05, 0) is 18.6 Å². The molecule has 1 saturated heterocycles. The van der Waals surface area contributed by atoms with E-state index in [1.54, 1.807) is 0 Å².